The highest BCUT2D eigenvalue weighted by Gasteiger charge is 2.27. The van der Waals surface area contributed by atoms with Gasteiger partial charge < -0.3 is 20.7 Å². The van der Waals surface area contributed by atoms with E-state index in [2.05, 4.69) is 15.0 Å². The second kappa shape index (κ2) is 5.13. The summed E-state index contributed by atoms with van der Waals surface area (Å²) < 4.78 is 4.66. The molecule has 3 N–H and O–H groups in total. The number of ether oxygens (including phenoxy) is 1. The number of piperazine rings is 1. The monoisotopic (exact) mass is 264 g/mol. The van der Waals surface area contributed by atoms with E-state index in [0.29, 0.717) is 18.9 Å². The number of carbonyl (C=O) groups is 2. The molecule has 2 heterocycles. The van der Waals surface area contributed by atoms with E-state index in [9.17, 15) is 9.59 Å². The second-order valence-corrected chi connectivity index (χ2v) is 4.28. The van der Waals surface area contributed by atoms with Crippen LogP contribution in [0.3, 0.4) is 0 Å². The van der Waals surface area contributed by atoms with Gasteiger partial charge in [-0.1, -0.05) is 0 Å². The molecule has 1 amide bonds. The Morgan fingerprint density at radius 2 is 2.37 bits per heavy atom. The van der Waals surface area contributed by atoms with Crippen LogP contribution in [0.25, 0.3) is 0 Å². The molecule has 1 saturated heterocycles. The molecule has 1 unspecified atom stereocenters. The molecule has 1 atom stereocenters. The van der Waals surface area contributed by atoms with Crippen LogP contribution in [0.1, 0.15) is 17.3 Å². The number of methoxy groups -OCH3 is 1. The van der Waals surface area contributed by atoms with Crippen LogP contribution in [0.4, 0.5) is 11.5 Å². The Morgan fingerprint density at radius 3 is 3.05 bits per heavy atom. The quantitative estimate of drug-likeness (QED) is 0.716. The lowest BCUT2D eigenvalue weighted by molar-refractivity contribution is -0.122. The standard InChI is InChI=1S/C12H16N4O3/c1-7-11(17)14-3-4-16(7)10-5-8(12(18)19-2)9(13)6-15-10/h5-7H,3-4,13H2,1-2H3,(H,14,17). The van der Waals surface area contributed by atoms with Crippen molar-refractivity contribution in [3.8, 4) is 0 Å². The van der Waals surface area contributed by atoms with Crippen molar-refractivity contribution in [2.24, 2.45) is 0 Å². The largest absolute Gasteiger partial charge is 0.465 e. The van der Waals surface area contributed by atoms with E-state index in [1.165, 1.54) is 13.3 Å². The Labute approximate surface area is 110 Å². The molecule has 2 rings (SSSR count). The van der Waals surface area contributed by atoms with Gasteiger partial charge in [0.1, 0.15) is 11.9 Å². The molecule has 0 bridgehead atoms. The molecular formula is C12H16N4O3. The maximum atomic E-state index is 11.6. The number of amides is 1. The number of nitrogens with two attached hydrogens (primary N) is 1. The van der Waals surface area contributed by atoms with Crippen molar-refractivity contribution >= 4 is 23.4 Å². The minimum atomic E-state index is -0.518. The predicted molar refractivity (Wildman–Crippen MR) is 69.8 cm³/mol. The number of carbonyl (C=O) groups excluding carboxylic acids is 2. The van der Waals surface area contributed by atoms with Crippen molar-refractivity contribution in [1.29, 1.82) is 0 Å². The van der Waals surface area contributed by atoms with Gasteiger partial charge in [0.05, 0.1) is 24.6 Å². The van der Waals surface area contributed by atoms with Crippen molar-refractivity contribution in [3.63, 3.8) is 0 Å². The van der Waals surface area contributed by atoms with Gasteiger partial charge in [0, 0.05) is 13.1 Å². The Bertz CT molecular complexity index is 518. The van der Waals surface area contributed by atoms with Gasteiger partial charge in [0.25, 0.3) is 0 Å². The SMILES string of the molecule is COC(=O)c1cc(N2CCNC(=O)C2C)ncc1N. The second-order valence-electron chi connectivity index (χ2n) is 4.28. The summed E-state index contributed by atoms with van der Waals surface area (Å²) in [6.07, 6.45) is 1.40. The van der Waals surface area contributed by atoms with Crippen LogP contribution in [0.5, 0.6) is 0 Å². The third-order valence-electron chi connectivity index (χ3n) is 3.12. The highest BCUT2D eigenvalue weighted by atomic mass is 16.5. The lowest BCUT2D eigenvalue weighted by Gasteiger charge is -2.33. The summed E-state index contributed by atoms with van der Waals surface area (Å²) in [6.45, 7) is 2.96. The van der Waals surface area contributed by atoms with Gasteiger partial charge in [-0.3, -0.25) is 4.79 Å². The van der Waals surface area contributed by atoms with Gasteiger partial charge >= 0.3 is 5.97 Å². The van der Waals surface area contributed by atoms with Crippen LogP contribution in [-0.2, 0) is 9.53 Å². The zero-order valence-electron chi connectivity index (χ0n) is 10.8. The van der Waals surface area contributed by atoms with Crippen LogP contribution in [0, 0.1) is 0 Å². The van der Waals surface area contributed by atoms with Gasteiger partial charge in [-0.25, -0.2) is 9.78 Å². The number of nitrogens with one attached hydrogen (secondary N) is 1. The van der Waals surface area contributed by atoms with Crippen molar-refractivity contribution in [2.45, 2.75) is 13.0 Å². The highest BCUT2D eigenvalue weighted by Crippen LogP contribution is 2.21. The molecule has 1 aromatic heterocycles. The summed E-state index contributed by atoms with van der Waals surface area (Å²) in [5, 5.41) is 2.77. The fraction of sp³-hybridized carbons (Fsp3) is 0.417. The van der Waals surface area contributed by atoms with Gasteiger partial charge in [0.2, 0.25) is 5.91 Å². The number of pyridine rings is 1. The molecule has 1 aromatic rings. The third-order valence-corrected chi connectivity index (χ3v) is 3.12. The summed E-state index contributed by atoms with van der Waals surface area (Å²) >= 11 is 0. The number of aromatic nitrogens is 1. The number of anilines is 2. The molecule has 0 radical (unpaired) electrons. The molecule has 1 fully saturated rings. The van der Waals surface area contributed by atoms with Crippen LogP contribution in [0.2, 0.25) is 0 Å². The Hall–Kier alpha value is -2.31. The molecule has 0 aromatic carbocycles. The zero-order valence-corrected chi connectivity index (χ0v) is 10.8. The van der Waals surface area contributed by atoms with Crippen molar-refractivity contribution in [2.75, 3.05) is 30.8 Å². The molecular weight excluding hydrogens is 248 g/mol. The first-order valence-electron chi connectivity index (χ1n) is 5.92. The molecule has 102 valence electrons. The van der Waals surface area contributed by atoms with Gasteiger partial charge in [-0.2, -0.15) is 0 Å². The summed E-state index contributed by atoms with van der Waals surface area (Å²) in [4.78, 5) is 29.2. The van der Waals surface area contributed by atoms with E-state index in [1.54, 1.807) is 13.0 Å². The molecule has 0 spiro atoms. The Kier molecular flexibility index (Phi) is 3.55. The normalized spacial score (nSPS) is 18.9. The first-order valence-corrected chi connectivity index (χ1v) is 5.92. The third kappa shape index (κ3) is 2.44. The van der Waals surface area contributed by atoms with Crippen LogP contribution in [0.15, 0.2) is 12.3 Å². The summed E-state index contributed by atoms with van der Waals surface area (Å²) in [5.74, 6) is -0.0447. The maximum Gasteiger partial charge on any atom is 0.340 e. The molecule has 1 aliphatic rings. The number of esters is 1. The van der Waals surface area contributed by atoms with E-state index in [4.69, 9.17) is 5.73 Å². The number of rotatable bonds is 2. The number of hydrogen-bond donors (Lipinski definition) is 2. The summed E-state index contributed by atoms with van der Waals surface area (Å²) in [7, 11) is 1.29. The smallest absolute Gasteiger partial charge is 0.340 e. The first-order chi connectivity index (χ1) is 9.04. The summed E-state index contributed by atoms with van der Waals surface area (Å²) in [5.41, 5.74) is 6.21. The van der Waals surface area contributed by atoms with Crippen LogP contribution >= 0.6 is 0 Å². The predicted octanol–water partition coefficient (Wildman–Crippen LogP) is -0.225. The van der Waals surface area contributed by atoms with E-state index < -0.39 is 5.97 Å². The highest BCUT2D eigenvalue weighted by molar-refractivity contribution is 5.96. The van der Waals surface area contributed by atoms with Gasteiger partial charge in [-0.05, 0) is 13.0 Å². The molecule has 7 heteroatoms. The number of nitrogens with zero attached hydrogens (tertiary/aromatic N) is 2. The molecule has 19 heavy (non-hydrogen) atoms. The minimum absolute atomic E-state index is 0.0653. The summed E-state index contributed by atoms with van der Waals surface area (Å²) in [6, 6.07) is 1.21. The Morgan fingerprint density at radius 1 is 1.63 bits per heavy atom. The van der Waals surface area contributed by atoms with Crippen LogP contribution < -0.4 is 16.0 Å². The van der Waals surface area contributed by atoms with Crippen LogP contribution in [-0.4, -0.2) is 43.1 Å². The average Bonchev–Trinajstić information content (AvgIpc) is 2.42. The fourth-order valence-corrected chi connectivity index (χ4v) is 1.99. The first kappa shape index (κ1) is 13.1. The fourth-order valence-electron chi connectivity index (χ4n) is 1.99. The van der Waals surface area contributed by atoms with Crippen molar-refractivity contribution in [1.82, 2.24) is 10.3 Å². The van der Waals surface area contributed by atoms with E-state index >= 15 is 0 Å². The Balaban J connectivity index is 2.35. The lowest BCUT2D eigenvalue weighted by atomic mass is 10.1. The van der Waals surface area contributed by atoms with Crippen molar-refractivity contribution < 1.29 is 14.3 Å². The molecule has 0 saturated carbocycles. The van der Waals surface area contributed by atoms with Gasteiger partial charge in [0.15, 0.2) is 0 Å². The van der Waals surface area contributed by atoms with E-state index in [-0.39, 0.29) is 23.2 Å². The number of nitrogen functional groups attached to an aromatic ring is 1. The number of hydrogen-bond acceptors (Lipinski definition) is 6. The topological polar surface area (TPSA) is 97.5 Å². The molecule has 0 aliphatic carbocycles. The molecule has 1 aliphatic heterocycles. The van der Waals surface area contributed by atoms with Gasteiger partial charge in [-0.15, -0.1) is 0 Å². The molecule has 7 nitrogen and oxygen atoms in total. The van der Waals surface area contributed by atoms with E-state index in [0.717, 1.165) is 0 Å². The van der Waals surface area contributed by atoms with E-state index in [1.807, 2.05) is 4.90 Å². The minimum Gasteiger partial charge on any atom is -0.465 e. The lowest BCUT2D eigenvalue weighted by Crippen LogP contribution is -2.54. The van der Waals surface area contributed by atoms with Crippen molar-refractivity contribution in [3.05, 3.63) is 17.8 Å². The maximum absolute atomic E-state index is 11.6. The average molecular weight is 264 g/mol. The zero-order chi connectivity index (χ0) is 14.0.